The smallest absolute Gasteiger partial charge is 0.356 e. The van der Waals surface area contributed by atoms with Crippen molar-refractivity contribution < 1.29 is 14.3 Å². The lowest BCUT2D eigenvalue weighted by Gasteiger charge is -2.17. The van der Waals surface area contributed by atoms with E-state index in [1.807, 2.05) is 36.4 Å². The third-order valence-electron chi connectivity index (χ3n) is 5.44. The third kappa shape index (κ3) is 4.38. The van der Waals surface area contributed by atoms with Crippen molar-refractivity contribution in [1.29, 1.82) is 0 Å². The average molecular weight is 461 g/mol. The van der Waals surface area contributed by atoms with Crippen molar-refractivity contribution in [2.24, 2.45) is 7.05 Å². The van der Waals surface area contributed by atoms with Crippen LogP contribution in [0.15, 0.2) is 77.6 Å². The van der Waals surface area contributed by atoms with Crippen LogP contribution in [0.25, 0.3) is 21.9 Å². The second kappa shape index (κ2) is 9.30. The molecular weight excluding hydrogens is 440 g/mol. The molecule has 0 bridgehead atoms. The molecule has 0 radical (unpaired) electrons. The third-order valence-corrected chi connectivity index (χ3v) is 5.85. The molecule has 0 saturated carbocycles. The Morgan fingerprint density at radius 3 is 2.33 bits per heavy atom. The number of esters is 1. The molecule has 3 aromatic carbocycles. The average Bonchev–Trinajstić information content (AvgIpc) is 2.83. The van der Waals surface area contributed by atoms with Gasteiger partial charge in [-0.1, -0.05) is 66.2 Å². The molecule has 166 valence electrons. The molecule has 0 aliphatic heterocycles. The van der Waals surface area contributed by atoms with Crippen LogP contribution in [0.2, 0.25) is 5.02 Å². The lowest BCUT2D eigenvalue weighted by atomic mass is 9.97. The van der Waals surface area contributed by atoms with Crippen LogP contribution in [-0.4, -0.2) is 23.1 Å². The van der Waals surface area contributed by atoms with Gasteiger partial charge in [0.2, 0.25) is 0 Å². The number of benzene rings is 3. The van der Waals surface area contributed by atoms with Gasteiger partial charge >= 0.3 is 5.97 Å². The van der Waals surface area contributed by atoms with Crippen LogP contribution in [0.3, 0.4) is 0 Å². The molecule has 1 aromatic heterocycles. The Bertz CT molecular complexity index is 1430. The van der Waals surface area contributed by atoms with Crippen molar-refractivity contribution >= 4 is 39.9 Å². The monoisotopic (exact) mass is 460 g/mol. The van der Waals surface area contributed by atoms with Crippen LogP contribution in [0.4, 0.5) is 5.69 Å². The van der Waals surface area contributed by atoms with Crippen LogP contribution in [-0.2, 0) is 16.6 Å². The SMILES string of the molecule is Cc1c(Cl)cccc1NC(=O)COC(=O)c1c(-c2ccccc2)c2ccccc2c(=O)n1C. The van der Waals surface area contributed by atoms with Gasteiger partial charge in [-0.25, -0.2) is 4.79 Å². The fraction of sp³-hybridized carbons (Fsp3) is 0.115. The Morgan fingerprint density at radius 1 is 0.939 bits per heavy atom. The minimum Gasteiger partial charge on any atom is -0.451 e. The number of nitrogens with zero attached hydrogens (tertiary/aromatic N) is 1. The maximum Gasteiger partial charge on any atom is 0.356 e. The van der Waals surface area contributed by atoms with Gasteiger partial charge in [-0.2, -0.15) is 0 Å². The highest BCUT2D eigenvalue weighted by Gasteiger charge is 2.23. The van der Waals surface area contributed by atoms with Gasteiger partial charge in [-0.05, 0) is 41.6 Å². The quantitative estimate of drug-likeness (QED) is 0.427. The topological polar surface area (TPSA) is 77.4 Å². The van der Waals surface area contributed by atoms with E-state index in [9.17, 15) is 14.4 Å². The molecule has 0 aliphatic rings. The van der Waals surface area contributed by atoms with E-state index in [0.29, 0.717) is 32.6 Å². The van der Waals surface area contributed by atoms with Crippen LogP contribution in [0, 0.1) is 6.92 Å². The van der Waals surface area contributed by atoms with Gasteiger partial charge in [-0.3, -0.25) is 9.59 Å². The summed E-state index contributed by atoms with van der Waals surface area (Å²) in [5.74, 6) is -1.28. The normalized spacial score (nSPS) is 10.8. The van der Waals surface area contributed by atoms with Crippen LogP contribution >= 0.6 is 11.6 Å². The first-order chi connectivity index (χ1) is 15.9. The molecule has 4 aromatic rings. The summed E-state index contributed by atoms with van der Waals surface area (Å²) in [5.41, 5.74) is 2.33. The Balaban J connectivity index is 1.68. The molecule has 0 fully saturated rings. The number of nitrogens with one attached hydrogen (secondary N) is 1. The van der Waals surface area contributed by atoms with E-state index in [4.69, 9.17) is 16.3 Å². The molecule has 1 N–H and O–H groups in total. The van der Waals surface area contributed by atoms with Gasteiger partial charge in [0.05, 0.1) is 0 Å². The number of carbonyl (C=O) groups excluding carboxylic acids is 2. The molecule has 0 atom stereocenters. The first-order valence-electron chi connectivity index (χ1n) is 10.3. The molecule has 0 aliphatic carbocycles. The predicted octanol–water partition coefficient (Wildman–Crippen LogP) is 4.96. The Labute approximate surface area is 195 Å². The highest BCUT2D eigenvalue weighted by molar-refractivity contribution is 6.31. The fourth-order valence-electron chi connectivity index (χ4n) is 3.73. The molecule has 4 rings (SSSR count). The van der Waals surface area contributed by atoms with E-state index in [1.54, 1.807) is 43.3 Å². The first-order valence-corrected chi connectivity index (χ1v) is 10.7. The Hall–Kier alpha value is -3.90. The number of rotatable bonds is 5. The minimum absolute atomic E-state index is 0.0802. The molecule has 0 saturated heterocycles. The lowest BCUT2D eigenvalue weighted by molar-refractivity contribution is -0.119. The second-order valence-corrected chi connectivity index (χ2v) is 7.94. The van der Waals surface area contributed by atoms with Crippen LogP contribution in [0.1, 0.15) is 16.1 Å². The number of pyridine rings is 1. The number of amides is 1. The molecule has 0 unspecified atom stereocenters. The number of anilines is 1. The van der Waals surface area contributed by atoms with E-state index < -0.39 is 18.5 Å². The number of hydrogen-bond acceptors (Lipinski definition) is 4. The van der Waals surface area contributed by atoms with E-state index in [2.05, 4.69) is 5.32 Å². The number of fused-ring (bicyclic) bond motifs is 1. The second-order valence-electron chi connectivity index (χ2n) is 7.54. The summed E-state index contributed by atoms with van der Waals surface area (Å²) in [6, 6.07) is 21.5. The molecule has 6 nitrogen and oxygen atoms in total. The highest BCUT2D eigenvalue weighted by Crippen LogP contribution is 2.31. The first kappa shape index (κ1) is 22.3. The van der Waals surface area contributed by atoms with Crippen LogP contribution < -0.4 is 10.9 Å². The number of hydrogen-bond donors (Lipinski definition) is 1. The Morgan fingerprint density at radius 2 is 1.61 bits per heavy atom. The summed E-state index contributed by atoms with van der Waals surface area (Å²) in [6.45, 7) is 1.26. The summed E-state index contributed by atoms with van der Waals surface area (Å²) < 4.78 is 6.61. The van der Waals surface area contributed by atoms with Gasteiger partial charge in [0.15, 0.2) is 6.61 Å². The maximum atomic E-state index is 13.2. The molecule has 1 heterocycles. The van der Waals surface area contributed by atoms with Crippen molar-refractivity contribution in [3.8, 4) is 11.1 Å². The summed E-state index contributed by atoms with van der Waals surface area (Å²) >= 11 is 6.09. The van der Waals surface area contributed by atoms with Gasteiger partial charge in [0.25, 0.3) is 11.5 Å². The van der Waals surface area contributed by atoms with E-state index >= 15 is 0 Å². The summed E-state index contributed by atoms with van der Waals surface area (Å²) in [6.07, 6.45) is 0. The summed E-state index contributed by atoms with van der Waals surface area (Å²) in [4.78, 5) is 38.5. The predicted molar refractivity (Wildman–Crippen MR) is 130 cm³/mol. The number of halogens is 1. The zero-order valence-corrected chi connectivity index (χ0v) is 18.8. The van der Waals surface area contributed by atoms with E-state index in [0.717, 1.165) is 5.56 Å². The zero-order valence-electron chi connectivity index (χ0n) is 18.1. The number of ether oxygens (including phenoxy) is 1. The van der Waals surface area contributed by atoms with E-state index in [1.165, 1.54) is 11.6 Å². The van der Waals surface area contributed by atoms with Gasteiger partial charge in [-0.15, -0.1) is 0 Å². The van der Waals surface area contributed by atoms with E-state index in [-0.39, 0.29) is 11.3 Å². The largest absolute Gasteiger partial charge is 0.451 e. The van der Waals surface area contributed by atoms with Crippen molar-refractivity contribution in [2.45, 2.75) is 6.92 Å². The van der Waals surface area contributed by atoms with Gasteiger partial charge in [0, 0.05) is 28.7 Å². The molecular formula is C26H21ClN2O4. The number of carbonyl (C=O) groups is 2. The highest BCUT2D eigenvalue weighted by atomic mass is 35.5. The van der Waals surface area contributed by atoms with Crippen LogP contribution in [0.5, 0.6) is 0 Å². The lowest BCUT2D eigenvalue weighted by Crippen LogP contribution is -2.28. The fourth-order valence-corrected chi connectivity index (χ4v) is 3.90. The van der Waals surface area contributed by atoms with Crippen molar-refractivity contribution in [2.75, 3.05) is 11.9 Å². The minimum atomic E-state index is -0.767. The molecule has 33 heavy (non-hydrogen) atoms. The summed E-state index contributed by atoms with van der Waals surface area (Å²) in [7, 11) is 1.52. The van der Waals surface area contributed by atoms with Crippen molar-refractivity contribution in [3.63, 3.8) is 0 Å². The Kier molecular flexibility index (Phi) is 6.29. The maximum absolute atomic E-state index is 13.2. The number of aromatic nitrogens is 1. The standard InChI is InChI=1S/C26H21ClN2O4/c1-16-20(27)13-8-14-21(16)28-22(30)15-33-26(32)24-23(17-9-4-3-5-10-17)18-11-6-7-12-19(18)25(31)29(24)2/h3-14H,15H2,1-2H3,(H,28,30). The van der Waals surface area contributed by atoms with Gasteiger partial charge in [0.1, 0.15) is 5.69 Å². The van der Waals surface area contributed by atoms with Crippen molar-refractivity contribution in [1.82, 2.24) is 4.57 Å². The van der Waals surface area contributed by atoms with Gasteiger partial charge < -0.3 is 14.6 Å². The molecule has 0 spiro atoms. The summed E-state index contributed by atoms with van der Waals surface area (Å²) in [5, 5.41) is 4.33. The zero-order chi connectivity index (χ0) is 23.5. The van der Waals surface area contributed by atoms with Crippen molar-refractivity contribution in [3.05, 3.63) is 99.4 Å². The molecule has 7 heteroatoms. The molecule has 1 amide bonds.